The van der Waals surface area contributed by atoms with E-state index >= 15 is 0 Å². The Morgan fingerprint density at radius 3 is 2.94 bits per heavy atom. The van der Waals surface area contributed by atoms with Crippen LogP contribution in [0.3, 0.4) is 0 Å². The van der Waals surface area contributed by atoms with Gasteiger partial charge in [-0.15, -0.1) is 0 Å². The summed E-state index contributed by atoms with van der Waals surface area (Å²) in [4.78, 5) is 10.2. The fraction of sp³-hybridized carbons (Fsp3) is 0.632. The Labute approximate surface area is 184 Å². The van der Waals surface area contributed by atoms with Crippen LogP contribution in [0.2, 0.25) is 5.02 Å². The molecule has 1 aromatic rings. The summed E-state index contributed by atoms with van der Waals surface area (Å²) in [6, 6.07) is -0.991. The van der Waals surface area contributed by atoms with Gasteiger partial charge >= 0.3 is 0 Å². The lowest BCUT2D eigenvalue weighted by molar-refractivity contribution is -0.138. The summed E-state index contributed by atoms with van der Waals surface area (Å²) in [5, 5.41) is 17.6. The first-order valence-electron chi connectivity index (χ1n) is 10.3. The zero-order chi connectivity index (χ0) is 22.0. The summed E-state index contributed by atoms with van der Waals surface area (Å²) < 4.78 is 40.4. The number of anilines is 2. The molecule has 4 rings (SSSR count). The molecule has 3 aliphatic rings. The highest BCUT2D eigenvalue weighted by molar-refractivity contribution is 6.32. The van der Waals surface area contributed by atoms with Crippen LogP contribution in [-0.4, -0.2) is 78.2 Å². The van der Waals surface area contributed by atoms with Crippen molar-refractivity contribution < 1.29 is 18.3 Å². The van der Waals surface area contributed by atoms with Crippen molar-refractivity contribution in [1.82, 2.24) is 20.2 Å². The van der Waals surface area contributed by atoms with E-state index in [1.807, 2.05) is 0 Å². The number of aromatic nitrogens is 2. The monoisotopic (exact) mass is 457 g/mol. The molecule has 2 fully saturated rings. The van der Waals surface area contributed by atoms with Gasteiger partial charge in [-0.1, -0.05) is 11.6 Å². The Morgan fingerprint density at radius 1 is 1.42 bits per heavy atom. The molecule has 0 radical (unpaired) electrons. The molecule has 2 bridgehead atoms. The summed E-state index contributed by atoms with van der Waals surface area (Å²) >= 11 is 6.12. The van der Waals surface area contributed by atoms with E-state index in [-0.39, 0.29) is 43.2 Å². The third-order valence-corrected chi connectivity index (χ3v) is 5.88. The Balaban J connectivity index is 1.53. The molecule has 1 atom stereocenters. The van der Waals surface area contributed by atoms with E-state index in [9.17, 15) is 8.78 Å². The minimum Gasteiger partial charge on any atom is -0.476 e. The van der Waals surface area contributed by atoms with Gasteiger partial charge in [-0.2, -0.15) is 4.98 Å². The number of hydrogen-bond acceptors (Lipinski definition) is 9. The first-order chi connectivity index (χ1) is 14.8. The number of likely N-dealkylation sites (tertiary alicyclic amines) is 1. The lowest BCUT2D eigenvalue weighted by Crippen LogP contribution is -2.62. The molecule has 3 aliphatic heterocycles. The van der Waals surface area contributed by atoms with Gasteiger partial charge in [0, 0.05) is 18.8 Å². The first kappa shape index (κ1) is 22.0. The van der Waals surface area contributed by atoms with Crippen LogP contribution in [0.5, 0.6) is 0 Å². The number of fused-ring (bicyclic) bond motifs is 2. The van der Waals surface area contributed by atoms with Gasteiger partial charge in [-0.05, 0) is 19.8 Å². The SMILES string of the molecule is C/C(NC1CCN(C2COC2)CC1(F)F)=C1\Nc2ncc(Cl)c(n2)NCCCOC1=N. The molecular weight excluding hydrogens is 432 g/mol. The van der Waals surface area contributed by atoms with Crippen LogP contribution in [0.1, 0.15) is 19.8 Å². The Hall–Kier alpha value is -2.24. The molecular formula is C19H26ClF2N7O2. The second-order valence-electron chi connectivity index (χ2n) is 7.88. The van der Waals surface area contributed by atoms with Crippen LogP contribution in [0, 0.1) is 5.41 Å². The summed E-state index contributed by atoms with van der Waals surface area (Å²) in [6.07, 6.45) is 2.32. The molecule has 4 heterocycles. The number of halogens is 3. The average molecular weight is 458 g/mol. The van der Waals surface area contributed by atoms with Crippen LogP contribution in [0.4, 0.5) is 20.5 Å². The number of alkyl halides is 2. The fourth-order valence-corrected chi connectivity index (χ4v) is 3.89. The van der Waals surface area contributed by atoms with Crippen LogP contribution in [0.15, 0.2) is 17.6 Å². The number of allylic oxidation sites excluding steroid dienone is 1. The van der Waals surface area contributed by atoms with E-state index in [0.717, 1.165) is 0 Å². The first-order valence-corrected chi connectivity index (χ1v) is 10.6. The van der Waals surface area contributed by atoms with Gasteiger partial charge in [0.2, 0.25) is 11.8 Å². The van der Waals surface area contributed by atoms with Crippen molar-refractivity contribution in [2.75, 3.05) is 50.1 Å². The standard InChI is InChI=1S/C19H26ClF2N7O2/c1-11(26-14-3-5-29(10-19(14,21)22)12-8-30-9-12)15-16(23)31-6-2-4-24-17-13(20)7-25-18(27-15)28-17/h7,12,14,23,26H,2-6,8-10H2,1H3,(H2,24,25,27,28)/b15-11+,23-16?. The molecule has 0 spiro atoms. The molecule has 0 aliphatic carbocycles. The van der Waals surface area contributed by atoms with Crippen molar-refractivity contribution in [3.63, 3.8) is 0 Å². The van der Waals surface area contributed by atoms with Gasteiger partial charge in [0.05, 0.1) is 44.6 Å². The van der Waals surface area contributed by atoms with E-state index in [1.54, 1.807) is 11.8 Å². The molecule has 9 nitrogen and oxygen atoms in total. The quantitative estimate of drug-likeness (QED) is 0.547. The Morgan fingerprint density at radius 2 is 2.23 bits per heavy atom. The highest BCUT2D eigenvalue weighted by Crippen LogP contribution is 2.31. The largest absolute Gasteiger partial charge is 0.476 e. The molecule has 12 heteroatoms. The molecule has 0 saturated carbocycles. The van der Waals surface area contributed by atoms with Gasteiger partial charge in [0.15, 0.2) is 5.82 Å². The van der Waals surface area contributed by atoms with Crippen molar-refractivity contribution in [3.8, 4) is 0 Å². The molecule has 2 saturated heterocycles. The van der Waals surface area contributed by atoms with Gasteiger partial charge in [0.25, 0.3) is 5.92 Å². The van der Waals surface area contributed by atoms with E-state index in [1.165, 1.54) is 6.20 Å². The highest BCUT2D eigenvalue weighted by Gasteiger charge is 2.47. The minimum atomic E-state index is -2.93. The predicted molar refractivity (Wildman–Crippen MR) is 113 cm³/mol. The van der Waals surface area contributed by atoms with Crippen molar-refractivity contribution in [1.29, 1.82) is 5.41 Å². The number of piperidine rings is 1. The second-order valence-corrected chi connectivity index (χ2v) is 8.29. The van der Waals surface area contributed by atoms with E-state index in [4.69, 9.17) is 26.5 Å². The number of nitrogens with one attached hydrogen (secondary N) is 4. The van der Waals surface area contributed by atoms with E-state index < -0.39 is 12.0 Å². The third kappa shape index (κ3) is 4.99. The molecule has 1 unspecified atom stereocenters. The van der Waals surface area contributed by atoms with E-state index in [2.05, 4.69) is 25.9 Å². The van der Waals surface area contributed by atoms with Gasteiger partial charge in [0.1, 0.15) is 10.7 Å². The lowest BCUT2D eigenvalue weighted by atomic mass is 9.98. The Bertz CT molecular complexity index is 866. The molecule has 31 heavy (non-hydrogen) atoms. The molecule has 1 aromatic heterocycles. The maximum absolute atomic E-state index is 14.9. The summed E-state index contributed by atoms with van der Waals surface area (Å²) in [6.45, 7) is 3.72. The summed E-state index contributed by atoms with van der Waals surface area (Å²) in [5.74, 6) is -2.46. The highest BCUT2D eigenvalue weighted by atomic mass is 35.5. The molecule has 170 valence electrons. The normalized spacial score (nSPS) is 26.5. The smallest absolute Gasteiger partial charge is 0.280 e. The minimum absolute atomic E-state index is 0.0709. The van der Waals surface area contributed by atoms with E-state index in [0.29, 0.717) is 49.3 Å². The lowest BCUT2D eigenvalue weighted by Gasteiger charge is -2.45. The summed E-state index contributed by atoms with van der Waals surface area (Å²) in [5.41, 5.74) is 0.572. The van der Waals surface area contributed by atoms with Crippen molar-refractivity contribution in [2.24, 2.45) is 0 Å². The van der Waals surface area contributed by atoms with Crippen molar-refractivity contribution >= 4 is 29.3 Å². The second kappa shape index (κ2) is 9.09. The maximum Gasteiger partial charge on any atom is 0.280 e. The van der Waals surface area contributed by atoms with Gasteiger partial charge in [-0.3, -0.25) is 10.3 Å². The molecule has 0 aromatic carbocycles. The number of rotatable bonds is 3. The van der Waals surface area contributed by atoms with Crippen LogP contribution < -0.4 is 16.0 Å². The van der Waals surface area contributed by atoms with Crippen molar-refractivity contribution in [3.05, 3.63) is 22.6 Å². The zero-order valence-corrected chi connectivity index (χ0v) is 17.9. The number of ether oxygens (including phenoxy) is 2. The zero-order valence-electron chi connectivity index (χ0n) is 17.2. The van der Waals surface area contributed by atoms with Crippen LogP contribution in [0.25, 0.3) is 0 Å². The van der Waals surface area contributed by atoms with Crippen molar-refractivity contribution in [2.45, 2.75) is 37.8 Å². The van der Waals surface area contributed by atoms with Crippen LogP contribution >= 0.6 is 11.6 Å². The van der Waals surface area contributed by atoms with Crippen LogP contribution in [-0.2, 0) is 9.47 Å². The summed E-state index contributed by atoms with van der Waals surface area (Å²) in [7, 11) is 0. The van der Waals surface area contributed by atoms with Gasteiger partial charge in [-0.25, -0.2) is 13.8 Å². The number of nitrogens with zero attached hydrogens (tertiary/aromatic N) is 3. The molecule has 0 amide bonds. The Kier molecular flexibility index (Phi) is 6.44. The van der Waals surface area contributed by atoms with Gasteiger partial charge < -0.3 is 25.4 Å². The topological polar surface area (TPSA) is 107 Å². The average Bonchev–Trinajstić information content (AvgIpc) is 2.70. The predicted octanol–water partition coefficient (Wildman–Crippen LogP) is 2.28. The molecule has 4 N–H and O–H groups in total. The maximum atomic E-state index is 14.9. The fourth-order valence-electron chi connectivity index (χ4n) is 3.73. The number of hydrogen-bond donors (Lipinski definition) is 4. The third-order valence-electron chi connectivity index (χ3n) is 5.60.